The van der Waals surface area contributed by atoms with Crippen LogP contribution < -0.4 is 0 Å². The molecule has 1 heterocycles. The van der Waals surface area contributed by atoms with Crippen molar-refractivity contribution in [3.8, 4) is 11.5 Å². The molecule has 6 atom stereocenters. The average Bonchev–Trinajstić information content (AvgIpc) is 3.53. The van der Waals surface area contributed by atoms with Gasteiger partial charge in [-0.2, -0.15) is 0 Å². The minimum Gasteiger partial charge on any atom is -0.508 e. The Morgan fingerprint density at radius 1 is 0.714 bits per heavy atom. The van der Waals surface area contributed by atoms with Crippen molar-refractivity contribution in [1.82, 2.24) is 0 Å². The number of aryl methyl sites for hydroxylation is 2. The molecule has 0 aromatic heterocycles. The normalized spacial score (nSPS) is 31.5. The van der Waals surface area contributed by atoms with Gasteiger partial charge in [0, 0.05) is 24.3 Å². The Hall–Kier alpha value is -1.59. The van der Waals surface area contributed by atoms with Gasteiger partial charge in [-0.3, -0.25) is 4.79 Å². The van der Waals surface area contributed by atoms with Gasteiger partial charge in [-0.05, 0) is 157 Å². The highest BCUT2D eigenvalue weighted by Crippen LogP contribution is 2.68. The molecule has 1 saturated heterocycles. The first-order valence-corrected chi connectivity index (χ1v) is 21.8. The maximum absolute atomic E-state index is 12.5. The molecule has 3 fully saturated rings. The topological polar surface area (TPSA) is 57.5 Å². The van der Waals surface area contributed by atoms with Crippen LogP contribution in [0.4, 0.5) is 0 Å². The van der Waals surface area contributed by atoms with Crippen LogP contribution >= 0.6 is 23.5 Å². The molecule has 5 aliphatic rings. The van der Waals surface area contributed by atoms with Crippen LogP contribution in [0.5, 0.6) is 11.5 Å². The van der Waals surface area contributed by atoms with E-state index in [1.165, 1.54) is 86.0 Å². The number of benzene rings is 2. The summed E-state index contributed by atoms with van der Waals surface area (Å²) >= 11 is 4.52. The van der Waals surface area contributed by atoms with Gasteiger partial charge in [0.2, 0.25) is 0 Å². The summed E-state index contributed by atoms with van der Waals surface area (Å²) in [5, 5.41) is 19.8. The van der Waals surface area contributed by atoms with Crippen LogP contribution in [0.1, 0.15) is 153 Å². The third kappa shape index (κ3) is 7.37. The Morgan fingerprint density at radius 2 is 1.22 bits per heavy atom. The van der Waals surface area contributed by atoms with Gasteiger partial charge in [-0.1, -0.05) is 66.5 Å². The molecule has 2 saturated carbocycles. The Bertz CT molecular complexity index is 1460. The lowest BCUT2D eigenvalue weighted by molar-refractivity contribution is -0.127. The average molecular weight is 705 g/mol. The Morgan fingerprint density at radius 3 is 1.76 bits per heavy atom. The minimum atomic E-state index is 0.284. The van der Waals surface area contributed by atoms with Gasteiger partial charge in [0.25, 0.3) is 0 Å². The first-order chi connectivity index (χ1) is 23.4. The molecule has 1 spiro atoms. The fourth-order valence-electron chi connectivity index (χ4n) is 11.4. The zero-order valence-electron chi connectivity index (χ0n) is 31.4. The zero-order valence-corrected chi connectivity index (χ0v) is 33.0. The van der Waals surface area contributed by atoms with E-state index in [1.54, 1.807) is 11.6 Å². The zero-order chi connectivity index (χ0) is 35.0. The Balaban J connectivity index is 0.000000171. The van der Waals surface area contributed by atoms with E-state index in [0.29, 0.717) is 56.9 Å². The van der Waals surface area contributed by atoms with E-state index < -0.39 is 0 Å². The van der Waals surface area contributed by atoms with Gasteiger partial charge in [-0.25, -0.2) is 0 Å². The fourth-order valence-corrected chi connectivity index (χ4v) is 14.8. The number of carbonyl (C=O) groups is 1. The van der Waals surface area contributed by atoms with Crippen LogP contribution in [0.2, 0.25) is 0 Å². The highest BCUT2D eigenvalue weighted by Gasteiger charge is 2.57. The number of thioether (sulfide) groups is 2. The summed E-state index contributed by atoms with van der Waals surface area (Å²) in [4.78, 5) is 12.5. The third-order valence-electron chi connectivity index (χ3n) is 14.0. The van der Waals surface area contributed by atoms with Crippen molar-refractivity contribution in [2.24, 2.45) is 34.5 Å². The van der Waals surface area contributed by atoms with Crippen molar-refractivity contribution in [3.63, 3.8) is 0 Å². The largest absolute Gasteiger partial charge is 0.508 e. The molecule has 2 aromatic carbocycles. The maximum atomic E-state index is 12.5. The van der Waals surface area contributed by atoms with Crippen molar-refractivity contribution in [2.75, 3.05) is 11.5 Å². The van der Waals surface area contributed by atoms with Gasteiger partial charge in [0.15, 0.2) is 0 Å². The molecule has 4 aliphatic carbocycles. The van der Waals surface area contributed by atoms with Gasteiger partial charge in [-0.15, -0.1) is 23.5 Å². The molecule has 0 bridgehead atoms. The molecular weight excluding hydrogens is 641 g/mol. The second-order valence-corrected chi connectivity index (χ2v) is 20.6. The maximum Gasteiger partial charge on any atom is 0.133 e. The van der Waals surface area contributed by atoms with E-state index in [4.69, 9.17) is 0 Å². The highest BCUT2D eigenvalue weighted by atomic mass is 32.2. The predicted molar refractivity (Wildman–Crippen MR) is 210 cm³/mol. The van der Waals surface area contributed by atoms with E-state index >= 15 is 0 Å². The predicted octanol–water partition coefficient (Wildman–Crippen LogP) is 12.1. The number of phenols is 2. The van der Waals surface area contributed by atoms with Crippen molar-refractivity contribution in [2.45, 2.75) is 147 Å². The lowest BCUT2D eigenvalue weighted by Gasteiger charge is -2.57. The van der Waals surface area contributed by atoms with Crippen LogP contribution in [-0.2, 0) is 17.6 Å². The molecule has 0 amide bonds. The summed E-state index contributed by atoms with van der Waals surface area (Å²) in [5.41, 5.74) is 6.35. The number of fused-ring (bicyclic) bond motifs is 6. The fraction of sp³-hybridized carbons (Fsp3) is 0.705. The first kappa shape index (κ1) is 37.2. The summed E-state index contributed by atoms with van der Waals surface area (Å²) in [6.07, 6.45) is 16.6. The number of aromatic hydroxyl groups is 2. The van der Waals surface area contributed by atoms with E-state index in [2.05, 4.69) is 77.2 Å². The first-order valence-electron chi connectivity index (χ1n) is 19.9. The lowest BCUT2D eigenvalue weighted by Crippen LogP contribution is -2.49. The second-order valence-electron chi connectivity index (χ2n) is 17.3. The summed E-state index contributed by atoms with van der Waals surface area (Å²) in [6, 6.07) is 12.0. The van der Waals surface area contributed by atoms with Crippen LogP contribution in [-0.4, -0.2) is 31.6 Å². The second kappa shape index (κ2) is 15.2. The molecule has 270 valence electrons. The van der Waals surface area contributed by atoms with E-state index in [0.717, 1.165) is 37.5 Å². The molecule has 2 aromatic rings. The number of phenolic OH excluding ortho intramolecular Hbond substituents is 2. The smallest absolute Gasteiger partial charge is 0.133 e. The SMILES string of the molecule is CC[C@@]12CCc3cc(O)ccc3[C@H]1CC(=O)C[C@@H]2CCC(C)C.CC[C@@]12CCc3cc(O)ccc3[C@H]1CC1(C[C@@H]2CCC(C)C)SCCS1. The highest BCUT2D eigenvalue weighted by molar-refractivity contribution is 8.21. The van der Waals surface area contributed by atoms with E-state index in [9.17, 15) is 15.0 Å². The number of carbonyl (C=O) groups excluding carboxylic acids is 1. The van der Waals surface area contributed by atoms with Crippen LogP contribution in [0.15, 0.2) is 36.4 Å². The monoisotopic (exact) mass is 704 g/mol. The standard InChI is InChI=1S/C23H34OS2.C21H30O2/c1-4-22-10-9-17-13-19(24)7-8-20(17)21(22)15-23(25-11-12-26-23)14-18(22)6-5-16(2)3;1-4-21-10-9-15-11-17(22)7-8-19(15)20(21)13-18(23)12-16(21)6-5-14(2)3/h7-8,13,16,18,21,24H,4-6,9-12,14-15H2,1-3H3;7-8,11,14,16,20,22H,4-6,9-10,12-13H2,1-3H3/t18-,21+,22-;16-,20+,21-/m00/s1. The van der Waals surface area contributed by atoms with Gasteiger partial charge < -0.3 is 10.2 Å². The van der Waals surface area contributed by atoms with Gasteiger partial charge >= 0.3 is 0 Å². The summed E-state index contributed by atoms with van der Waals surface area (Å²) in [7, 11) is 0. The molecule has 2 N–H and O–H groups in total. The summed E-state index contributed by atoms with van der Waals surface area (Å²) < 4.78 is 0.456. The quantitative estimate of drug-likeness (QED) is 0.286. The molecular formula is C44H64O3S2. The van der Waals surface area contributed by atoms with E-state index in [1.807, 2.05) is 18.2 Å². The summed E-state index contributed by atoms with van der Waals surface area (Å²) in [5.74, 6) is 7.82. The molecule has 1 aliphatic heterocycles. The summed E-state index contributed by atoms with van der Waals surface area (Å²) in [6.45, 7) is 14.1. The van der Waals surface area contributed by atoms with Gasteiger partial charge in [0.05, 0.1) is 4.08 Å². The Kier molecular flexibility index (Phi) is 11.5. The van der Waals surface area contributed by atoms with Crippen LogP contribution in [0, 0.1) is 34.5 Å². The van der Waals surface area contributed by atoms with Crippen molar-refractivity contribution < 1.29 is 15.0 Å². The van der Waals surface area contributed by atoms with Crippen LogP contribution in [0.3, 0.4) is 0 Å². The van der Waals surface area contributed by atoms with Gasteiger partial charge in [0.1, 0.15) is 17.3 Å². The number of rotatable bonds is 8. The van der Waals surface area contributed by atoms with Crippen molar-refractivity contribution in [3.05, 3.63) is 58.7 Å². The van der Waals surface area contributed by atoms with Crippen molar-refractivity contribution >= 4 is 29.3 Å². The molecule has 3 nitrogen and oxygen atoms in total. The molecule has 5 heteroatoms. The molecule has 7 rings (SSSR count). The van der Waals surface area contributed by atoms with Crippen molar-refractivity contribution in [1.29, 1.82) is 0 Å². The Labute approximate surface area is 306 Å². The third-order valence-corrected chi connectivity index (χ3v) is 17.5. The number of ketones is 1. The van der Waals surface area contributed by atoms with Crippen LogP contribution in [0.25, 0.3) is 0 Å². The number of Topliss-reactive ketones (excluding diaryl/α,β-unsaturated/α-hetero) is 1. The molecule has 0 unspecified atom stereocenters. The van der Waals surface area contributed by atoms with E-state index in [-0.39, 0.29) is 5.41 Å². The minimum absolute atomic E-state index is 0.284. The lowest BCUT2D eigenvalue weighted by atomic mass is 9.51. The molecule has 49 heavy (non-hydrogen) atoms. The number of hydrogen-bond donors (Lipinski definition) is 2. The molecule has 0 radical (unpaired) electrons. The number of hydrogen-bond acceptors (Lipinski definition) is 5.